The molecule has 1 aromatic carbocycles. The fraction of sp³-hybridized carbons (Fsp3) is 0.222. The van der Waals surface area contributed by atoms with Gasteiger partial charge in [-0.2, -0.15) is 0 Å². The molecule has 0 saturated carbocycles. The Labute approximate surface area is 83.9 Å². The van der Waals surface area contributed by atoms with Crippen LogP contribution in [-0.2, 0) is 11.2 Å². The van der Waals surface area contributed by atoms with Gasteiger partial charge in [-0.15, -0.1) is 0 Å². The van der Waals surface area contributed by atoms with Crippen molar-refractivity contribution < 1.29 is 23.8 Å². The van der Waals surface area contributed by atoms with E-state index in [-0.39, 0.29) is 5.56 Å². The lowest BCUT2D eigenvalue weighted by Gasteiger charge is -2.09. The molecule has 1 aromatic rings. The second-order valence-electron chi connectivity index (χ2n) is 3.03. The van der Waals surface area contributed by atoms with Gasteiger partial charge in [0.15, 0.2) is 0 Å². The maximum Gasteiger partial charge on any atom is 0.320 e. The Morgan fingerprint density at radius 1 is 1.47 bits per heavy atom. The number of hydrogen-bond acceptors (Lipinski definition) is 3. The number of halogens is 2. The highest BCUT2D eigenvalue weighted by atomic mass is 19.1. The summed E-state index contributed by atoms with van der Waals surface area (Å²) in [6.45, 7) is 0. The van der Waals surface area contributed by atoms with E-state index >= 15 is 0 Å². The molecule has 1 rings (SSSR count). The SMILES string of the molecule is N[C@@H](Cc1c(O)cc(F)cc1F)C(=O)O. The molecule has 6 heteroatoms. The molecule has 0 amide bonds. The average molecular weight is 217 g/mol. The molecule has 15 heavy (non-hydrogen) atoms. The molecule has 82 valence electrons. The van der Waals surface area contributed by atoms with Gasteiger partial charge in [0.2, 0.25) is 0 Å². The lowest BCUT2D eigenvalue weighted by molar-refractivity contribution is -0.138. The first kappa shape index (κ1) is 11.4. The number of aromatic hydroxyl groups is 1. The molecule has 0 aliphatic rings. The molecular weight excluding hydrogens is 208 g/mol. The first-order chi connectivity index (χ1) is 6.91. The molecule has 0 spiro atoms. The molecule has 4 nitrogen and oxygen atoms in total. The van der Waals surface area contributed by atoms with Gasteiger partial charge >= 0.3 is 5.97 Å². The van der Waals surface area contributed by atoms with Crippen LogP contribution in [-0.4, -0.2) is 22.2 Å². The number of phenols is 1. The van der Waals surface area contributed by atoms with Crippen molar-refractivity contribution in [1.29, 1.82) is 0 Å². The first-order valence-corrected chi connectivity index (χ1v) is 4.07. The number of carboxylic acids is 1. The molecule has 0 fully saturated rings. The van der Waals surface area contributed by atoms with Crippen molar-refractivity contribution in [2.75, 3.05) is 0 Å². The van der Waals surface area contributed by atoms with Crippen molar-refractivity contribution >= 4 is 5.97 Å². The lowest BCUT2D eigenvalue weighted by atomic mass is 10.0. The highest BCUT2D eigenvalue weighted by Crippen LogP contribution is 2.23. The van der Waals surface area contributed by atoms with Crippen LogP contribution in [0.2, 0.25) is 0 Å². The molecule has 0 heterocycles. The van der Waals surface area contributed by atoms with E-state index in [1.54, 1.807) is 0 Å². The van der Waals surface area contributed by atoms with Crippen molar-refractivity contribution in [3.05, 3.63) is 29.3 Å². The third kappa shape index (κ3) is 2.63. The van der Waals surface area contributed by atoms with Crippen molar-refractivity contribution in [1.82, 2.24) is 0 Å². The Morgan fingerprint density at radius 2 is 2.07 bits per heavy atom. The molecule has 0 aliphatic heterocycles. The van der Waals surface area contributed by atoms with Crippen LogP contribution in [0.3, 0.4) is 0 Å². The highest BCUT2D eigenvalue weighted by molar-refractivity contribution is 5.73. The van der Waals surface area contributed by atoms with E-state index in [0.717, 1.165) is 0 Å². The first-order valence-electron chi connectivity index (χ1n) is 4.07. The summed E-state index contributed by atoms with van der Waals surface area (Å²) in [6, 6.07) is -0.0766. The van der Waals surface area contributed by atoms with Crippen molar-refractivity contribution in [3.63, 3.8) is 0 Å². The van der Waals surface area contributed by atoms with Crippen LogP contribution in [0.4, 0.5) is 8.78 Å². The Morgan fingerprint density at radius 3 is 2.53 bits per heavy atom. The standard InChI is InChI=1S/C9H9F2NO3/c10-4-1-6(11)5(8(13)2-4)3-7(12)9(14)15/h1-2,7,13H,3,12H2,(H,14,15)/t7-/m0/s1. The Hall–Kier alpha value is -1.69. The molecule has 0 saturated heterocycles. The summed E-state index contributed by atoms with van der Waals surface area (Å²) < 4.78 is 25.6. The summed E-state index contributed by atoms with van der Waals surface area (Å²) in [6.07, 6.45) is -0.396. The molecule has 0 radical (unpaired) electrons. The summed E-state index contributed by atoms with van der Waals surface area (Å²) in [4.78, 5) is 10.4. The largest absolute Gasteiger partial charge is 0.507 e. The predicted octanol–water partition coefficient (Wildman–Crippen LogP) is 0.625. The van der Waals surface area contributed by atoms with Gasteiger partial charge in [-0.25, -0.2) is 8.78 Å². The lowest BCUT2D eigenvalue weighted by Crippen LogP contribution is -2.32. The van der Waals surface area contributed by atoms with E-state index in [1.165, 1.54) is 0 Å². The zero-order chi connectivity index (χ0) is 11.6. The van der Waals surface area contributed by atoms with Gasteiger partial charge in [0.1, 0.15) is 23.4 Å². The van der Waals surface area contributed by atoms with E-state index in [4.69, 9.17) is 10.8 Å². The van der Waals surface area contributed by atoms with E-state index in [9.17, 15) is 18.7 Å². The highest BCUT2D eigenvalue weighted by Gasteiger charge is 2.18. The number of benzene rings is 1. The van der Waals surface area contributed by atoms with Gasteiger partial charge in [-0.05, 0) is 0 Å². The predicted molar refractivity (Wildman–Crippen MR) is 47.3 cm³/mol. The molecule has 0 bridgehead atoms. The van der Waals surface area contributed by atoms with E-state index < -0.39 is 35.8 Å². The fourth-order valence-corrected chi connectivity index (χ4v) is 1.10. The van der Waals surface area contributed by atoms with Gasteiger partial charge in [-0.3, -0.25) is 4.79 Å². The molecular formula is C9H9F2NO3. The summed E-state index contributed by atoms with van der Waals surface area (Å²) in [5, 5.41) is 17.7. The zero-order valence-electron chi connectivity index (χ0n) is 7.58. The Balaban J connectivity index is 3.00. The molecule has 4 N–H and O–H groups in total. The normalized spacial score (nSPS) is 12.5. The minimum Gasteiger partial charge on any atom is -0.507 e. The number of hydrogen-bond donors (Lipinski definition) is 3. The number of phenolic OH excluding ortho intramolecular Hbond substituents is 1. The number of nitrogens with two attached hydrogens (primary N) is 1. The summed E-state index contributed by atoms with van der Waals surface area (Å²) in [5.74, 6) is -3.90. The fourth-order valence-electron chi connectivity index (χ4n) is 1.10. The Kier molecular flexibility index (Phi) is 3.21. The number of aliphatic carboxylic acids is 1. The van der Waals surface area contributed by atoms with Crippen molar-refractivity contribution in [2.45, 2.75) is 12.5 Å². The quantitative estimate of drug-likeness (QED) is 0.693. The monoisotopic (exact) mass is 217 g/mol. The van der Waals surface area contributed by atoms with Crippen LogP contribution in [0.5, 0.6) is 5.75 Å². The second-order valence-corrected chi connectivity index (χ2v) is 3.03. The summed E-state index contributed by atoms with van der Waals surface area (Å²) in [5.41, 5.74) is 4.85. The van der Waals surface area contributed by atoms with Crippen LogP contribution in [0, 0.1) is 11.6 Å². The summed E-state index contributed by atoms with van der Waals surface area (Å²) >= 11 is 0. The van der Waals surface area contributed by atoms with Crippen LogP contribution in [0.1, 0.15) is 5.56 Å². The maximum absolute atomic E-state index is 13.1. The summed E-state index contributed by atoms with van der Waals surface area (Å²) in [7, 11) is 0. The van der Waals surface area contributed by atoms with Gasteiger partial charge in [0.25, 0.3) is 0 Å². The number of carbonyl (C=O) groups is 1. The van der Waals surface area contributed by atoms with E-state index in [2.05, 4.69) is 0 Å². The minimum absolute atomic E-state index is 0.300. The second kappa shape index (κ2) is 4.22. The van der Waals surface area contributed by atoms with Gasteiger partial charge < -0.3 is 15.9 Å². The third-order valence-electron chi connectivity index (χ3n) is 1.88. The topological polar surface area (TPSA) is 83.5 Å². The van der Waals surface area contributed by atoms with Gasteiger partial charge in [0, 0.05) is 24.1 Å². The number of rotatable bonds is 3. The van der Waals surface area contributed by atoms with Gasteiger partial charge in [0.05, 0.1) is 0 Å². The van der Waals surface area contributed by atoms with Crippen LogP contribution >= 0.6 is 0 Å². The zero-order valence-corrected chi connectivity index (χ0v) is 7.58. The molecule has 0 aromatic heterocycles. The van der Waals surface area contributed by atoms with E-state index in [1.807, 2.05) is 0 Å². The average Bonchev–Trinajstić information content (AvgIpc) is 2.10. The van der Waals surface area contributed by atoms with Crippen molar-refractivity contribution in [3.8, 4) is 5.75 Å². The van der Waals surface area contributed by atoms with Crippen LogP contribution in [0.25, 0.3) is 0 Å². The minimum atomic E-state index is -1.34. The van der Waals surface area contributed by atoms with Crippen LogP contribution in [0.15, 0.2) is 12.1 Å². The third-order valence-corrected chi connectivity index (χ3v) is 1.88. The molecule has 1 atom stereocenters. The van der Waals surface area contributed by atoms with Crippen molar-refractivity contribution in [2.24, 2.45) is 5.73 Å². The Bertz CT molecular complexity index is 372. The number of carboxylic acid groups (broad SMARTS) is 1. The molecule has 0 unspecified atom stereocenters. The smallest absolute Gasteiger partial charge is 0.320 e. The van der Waals surface area contributed by atoms with Crippen LogP contribution < -0.4 is 5.73 Å². The maximum atomic E-state index is 13.1. The van der Waals surface area contributed by atoms with Gasteiger partial charge in [-0.1, -0.05) is 0 Å². The molecule has 0 aliphatic carbocycles. The van der Waals surface area contributed by atoms with E-state index in [0.29, 0.717) is 12.1 Å².